The van der Waals surface area contributed by atoms with Gasteiger partial charge in [-0.2, -0.15) is 17.8 Å². The van der Waals surface area contributed by atoms with Crippen molar-refractivity contribution in [1.82, 2.24) is 9.96 Å². The van der Waals surface area contributed by atoms with Crippen LogP contribution in [-0.2, 0) is 25.6 Å². The molecule has 0 aliphatic carbocycles. The average molecular weight is 457 g/mol. The maximum absolute atomic E-state index is 13.7. The Hall–Kier alpha value is -2.22. The van der Waals surface area contributed by atoms with Crippen molar-refractivity contribution in [2.24, 2.45) is 5.41 Å². The first-order chi connectivity index (χ1) is 15.4. The Balaban J connectivity index is 1.49. The Morgan fingerprint density at radius 3 is 2.16 bits per heavy atom. The second-order valence-electron chi connectivity index (χ2n) is 9.07. The third-order valence-electron chi connectivity index (χ3n) is 6.67. The molecule has 0 N–H and O–H groups in total. The van der Waals surface area contributed by atoms with Crippen molar-refractivity contribution in [2.45, 2.75) is 50.3 Å². The summed E-state index contributed by atoms with van der Waals surface area (Å²) in [5.41, 5.74) is 1.61. The van der Waals surface area contributed by atoms with Crippen molar-refractivity contribution < 1.29 is 17.5 Å². The van der Waals surface area contributed by atoms with Crippen molar-refractivity contribution in [3.8, 4) is 0 Å². The first-order valence-electron chi connectivity index (χ1n) is 11.5. The van der Waals surface area contributed by atoms with E-state index < -0.39 is 15.5 Å². The maximum Gasteiger partial charge on any atom is 0.313 e. The molecule has 6 nitrogen and oxygen atoms in total. The van der Waals surface area contributed by atoms with Crippen LogP contribution in [0.4, 0.5) is 0 Å². The van der Waals surface area contributed by atoms with E-state index in [1.54, 1.807) is 24.3 Å². The van der Waals surface area contributed by atoms with Crippen LogP contribution >= 0.6 is 0 Å². The highest BCUT2D eigenvalue weighted by Gasteiger charge is 2.44. The molecule has 0 saturated carbocycles. The smallest absolute Gasteiger partial charge is 0.313 e. The predicted molar refractivity (Wildman–Crippen MR) is 123 cm³/mol. The molecule has 1 amide bonds. The lowest BCUT2D eigenvalue weighted by atomic mass is 9.72. The summed E-state index contributed by atoms with van der Waals surface area (Å²) in [6.07, 6.45) is 5.09. The van der Waals surface area contributed by atoms with Gasteiger partial charge in [0.05, 0.1) is 10.3 Å². The highest BCUT2D eigenvalue weighted by atomic mass is 32.2. The summed E-state index contributed by atoms with van der Waals surface area (Å²) < 4.78 is 30.9. The summed E-state index contributed by atoms with van der Waals surface area (Å²) in [5.74, 6) is 0.210. The van der Waals surface area contributed by atoms with E-state index in [1.807, 2.05) is 30.0 Å². The number of nitrogens with zero attached hydrogens (tertiary/aromatic N) is 2. The average Bonchev–Trinajstić information content (AvgIpc) is 2.81. The molecule has 2 aromatic carbocycles. The SMILES string of the molecule is Cc1ccc(S(=O)(=O)ON2CCC(Cc3ccccc3)(C(=O)N3CCCCC3)CC2)cc1. The molecular weight excluding hydrogens is 424 g/mol. The zero-order chi connectivity index (χ0) is 22.6. The second kappa shape index (κ2) is 9.73. The molecule has 2 saturated heterocycles. The molecule has 2 heterocycles. The summed E-state index contributed by atoms with van der Waals surface area (Å²) in [4.78, 5) is 15.8. The van der Waals surface area contributed by atoms with Gasteiger partial charge in [0.25, 0.3) is 0 Å². The van der Waals surface area contributed by atoms with Gasteiger partial charge in [0.15, 0.2) is 0 Å². The van der Waals surface area contributed by atoms with E-state index in [0.717, 1.165) is 37.1 Å². The molecule has 7 heteroatoms. The van der Waals surface area contributed by atoms with Gasteiger partial charge < -0.3 is 4.90 Å². The number of hydrogen-bond acceptors (Lipinski definition) is 5. The van der Waals surface area contributed by atoms with Crippen molar-refractivity contribution in [3.63, 3.8) is 0 Å². The maximum atomic E-state index is 13.7. The summed E-state index contributed by atoms with van der Waals surface area (Å²) >= 11 is 0. The monoisotopic (exact) mass is 456 g/mol. The van der Waals surface area contributed by atoms with E-state index in [1.165, 1.54) is 11.5 Å². The number of likely N-dealkylation sites (tertiary alicyclic amines) is 1. The van der Waals surface area contributed by atoms with Crippen LogP contribution in [0.1, 0.15) is 43.2 Å². The summed E-state index contributed by atoms with van der Waals surface area (Å²) in [5, 5.41) is 1.50. The Kier molecular flexibility index (Phi) is 6.98. The molecule has 2 aromatic rings. The molecule has 2 aliphatic rings. The van der Waals surface area contributed by atoms with Crippen LogP contribution < -0.4 is 0 Å². The molecule has 0 atom stereocenters. The number of hydrogen-bond donors (Lipinski definition) is 0. The molecule has 4 rings (SSSR count). The normalized spacial score (nSPS) is 19.6. The zero-order valence-corrected chi connectivity index (χ0v) is 19.5. The minimum atomic E-state index is -3.88. The molecule has 0 unspecified atom stereocenters. The Bertz CT molecular complexity index is 1010. The van der Waals surface area contributed by atoms with Gasteiger partial charge in [0.1, 0.15) is 0 Å². The van der Waals surface area contributed by atoms with Crippen LogP contribution in [-0.4, -0.2) is 50.5 Å². The van der Waals surface area contributed by atoms with Gasteiger partial charge >= 0.3 is 10.1 Å². The van der Waals surface area contributed by atoms with Crippen LogP contribution in [0.25, 0.3) is 0 Å². The lowest BCUT2D eigenvalue weighted by Gasteiger charge is -2.43. The number of carbonyl (C=O) groups is 1. The van der Waals surface area contributed by atoms with Gasteiger partial charge in [-0.3, -0.25) is 4.79 Å². The summed E-state index contributed by atoms with van der Waals surface area (Å²) in [6.45, 7) is 4.34. The number of hydroxylamine groups is 2. The van der Waals surface area contributed by atoms with E-state index in [9.17, 15) is 13.2 Å². The van der Waals surface area contributed by atoms with Crippen LogP contribution in [0.3, 0.4) is 0 Å². The second-order valence-corrected chi connectivity index (χ2v) is 10.6. The van der Waals surface area contributed by atoms with E-state index in [4.69, 9.17) is 4.28 Å². The Morgan fingerprint density at radius 2 is 1.53 bits per heavy atom. The van der Waals surface area contributed by atoms with Gasteiger partial charge in [-0.25, -0.2) is 0 Å². The minimum absolute atomic E-state index is 0.147. The molecule has 0 aromatic heterocycles. The first-order valence-corrected chi connectivity index (χ1v) is 12.9. The van der Waals surface area contributed by atoms with Gasteiger partial charge in [-0.1, -0.05) is 48.0 Å². The summed E-state index contributed by atoms with van der Waals surface area (Å²) in [7, 11) is -3.88. The fraction of sp³-hybridized carbons (Fsp3) is 0.480. The van der Waals surface area contributed by atoms with E-state index in [0.29, 0.717) is 32.4 Å². The van der Waals surface area contributed by atoms with Gasteiger partial charge in [0.2, 0.25) is 5.91 Å². The molecule has 0 radical (unpaired) electrons. The first kappa shape index (κ1) is 23.0. The highest BCUT2D eigenvalue weighted by Crippen LogP contribution is 2.38. The lowest BCUT2D eigenvalue weighted by Crippen LogP contribution is -2.52. The van der Waals surface area contributed by atoms with Crippen LogP contribution in [0, 0.1) is 12.3 Å². The third-order valence-corrected chi connectivity index (χ3v) is 7.93. The number of benzene rings is 2. The molecule has 0 spiro atoms. The summed E-state index contributed by atoms with van der Waals surface area (Å²) in [6, 6.07) is 16.8. The number of rotatable bonds is 6. The predicted octanol–water partition coefficient (Wildman–Crippen LogP) is 3.95. The Morgan fingerprint density at radius 1 is 0.906 bits per heavy atom. The van der Waals surface area contributed by atoms with Crippen molar-refractivity contribution in [1.29, 1.82) is 0 Å². The lowest BCUT2D eigenvalue weighted by molar-refractivity contribution is -0.153. The molecule has 172 valence electrons. The van der Waals surface area contributed by atoms with E-state index in [2.05, 4.69) is 12.1 Å². The van der Waals surface area contributed by atoms with E-state index in [-0.39, 0.29) is 10.8 Å². The number of amides is 1. The zero-order valence-electron chi connectivity index (χ0n) is 18.7. The topological polar surface area (TPSA) is 66.9 Å². The molecule has 0 bridgehead atoms. The Labute approximate surface area is 191 Å². The number of piperidine rings is 2. The largest absolute Gasteiger partial charge is 0.342 e. The fourth-order valence-corrected chi connectivity index (χ4v) is 5.74. The van der Waals surface area contributed by atoms with E-state index >= 15 is 0 Å². The molecule has 32 heavy (non-hydrogen) atoms. The molecular formula is C25H32N2O4S. The van der Waals surface area contributed by atoms with Crippen LogP contribution in [0.5, 0.6) is 0 Å². The molecule has 2 aliphatic heterocycles. The fourth-order valence-electron chi connectivity index (χ4n) is 4.76. The van der Waals surface area contributed by atoms with Crippen LogP contribution in [0.15, 0.2) is 59.5 Å². The standard InChI is InChI=1S/C25H32N2O4S/c1-21-10-12-23(13-11-21)32(29,30)31-27-18-14-25(15-19-27,20-22-8-4-2-5-9-22)24(28)26-16-6-3-7-17-26/h2,4-5,8-13H,3,6-7,14-20H2,1H3. The minimum Gasteiger partial charge on any atom is -0.342 e. The van der Waals surface area contributed by atoms with Gasteiger partial charge in [-0.15, -0.1) is 0 Å². The van der Waals surface area contributed by atoms with Gasteiger partial charge in [0, 0.05) is 26.2 Å². The quantitative estimate of drug-likeness (QED) is 0.658. The van der Waals surface area contributed by atoms with Crippen molar-refractivity contribution >= 4 is 16.0 Å². The van der Waals surface area contributed by atoms with Crippen molar-refractivity contribution in [2.75, 3.05) is 26.2 Å². The van der Waals surface area contributed by atoms with Gasteiger partial charge in [-0.05, 0) is 63.1 Å². The number of carbonyl (C=O) groups excluding carboxylic acids is 1. The van der Waals surface area contributed by atoms with Crippen LogP contribution in [0.2, 0.25) is 0 Å². The molecule has 2 fully saturated rings. The third kappa shape index (κ3) is 5.22. The number of aryl methyl sites for hydroxylation is 1. The van der Waals surface area contributed by atoms with Crippen molar-refractivity contribution in [3.05, 3.63) is 65.7 Å². The highest BCUT2D eigenvalue weighted by molar-refractivity contribution is 7.86.